The molecule has 0 bridgehead atoms. The van der Waals surface area contributed by atoms with E-state index in [9.17, 15) is 4.79 Å². The van der Waals surface area contributed by atoms with Gasteiger partial charge in [-0.25, -0.2) is 9.97 Å². The number of aryl methyl sites for hydroxylation is 1. The topological polar surface area (TPSA) is 61.8 Å². The number of rotatable bonds is 4. The number of carbonyl (C=O) groups excluding carboxylic acids is 1. The van der Waals surface area contributed by atoms with Crippen LogP contribution in [0, 0.1) is 6.92 Å². The molecule has 32 heavy (non-hydrogen) atoms. The van der Waals surface area contributed by atoms with Crippen LogP contribution < -0.4 is 9.80 Å². The zero-order chi connectivity index (χ0) is 21.9. The summed E-state index contributed by atoms with van der Waals surface area (Å²) in [6.07, 6.45) is 0. The van der Waals surface area contributed by atoms with Crippen molar-refractivity contribution >= 4 is 28.9 Å². The molecular weight excluding hydrogens is 422 g/mol. The van der Waals surface area contributed by atoms with Crippen molar-refractivity contribution in [2.75, 3.05) is 62.3 Å². The quantitative estimate of drug-likeness (QED) is 0.609. The summed E-state index contributed by atoms with van der Waals surface area (Å²) in [4.78, 5) is 30.0. The van der Waals surface area contributed by atoms with Gasteiger partial charge < -0.3 is 19.4 Å². The third-order valence-electron chi connectivity index (χ3n) is 5.97. The second kappa shape index (κ2) is 9.26. The van der Waals surface area contributed by atoms with Crippen LogP contribution in [0.15, 0.2) is 47.8 Å². The Bertz CT molecular complexity index is 1060. The van der Waals surface area contributed by atoms with Gasteiger partial charge >= 0.3 is 0 Å². The Labute approximate surface area is 192 Å². The lowest BCUT2D eigenvalue weighted by Gasteiger charge is -2.36. The summed E-state index contributed by atoms with van der Waals surface area (Å²) in [5.41, 5.74) is 1.89. The first-order valence-electron chi connectivity index (χ1n) is 11.0. The summed E-state index contributed by atoms with van der Waals surface area (Å²) < 4.78 is 5.46. The summed E-state index contributed by atoms with van der Waals surface area (Å²) in [6.45, 7) is 7.99. The average Bonchev–Trinajstić information content (AvgIpc) is 3.39. The fourth-order valence-electron chi connectivity index (χ4n) is 4.19. The molecule has 0 N–H and O–H groups in total. The van der Waals surface area contributed by atoms with Crippen LogP contribution in [-0.4, -0.2) is 73.3 Å². The highest BCUT2D eigenvalue weighted by Crippen LogP contribution is 2.25. The van der Waals surface area contributed by atoms with Crippen LogP contribution in [0.2, 0.25) is 0 Å². The fourth-order valence-corrected chi connectivity index (χ4v) is 4.93. The van der Waals surface area contributed by atoms with Crippen molar-refractivity contribution in [3.8, 4) is 10.4 Å². The van der Waals surface area contributed by atoms with E-state index < -0.39 is 0 Å². The highest BCUT2D eigenvalue weighted by atomic mass is 32.1. The summed E-state index contributed by atoms with van der Waals surface area (Å²) in [6, 6.07) is 14.2. The van der Waals surface area contributed by atoms with Crippen molar-refractivity contribution in [1.82, 2.24) is 14.9 Å². The molecule has 0 spiro atoms. The molecule has 2 aromatic heterocycles. The zero-order valence-corrected chi connectivity index (χ0v) is 19.1. The first-order valence-corrected chi connectivity index (χ1v) is 11.9. The Balaban J connectivity index is 1.23. The first kappa shape index (κ1) is 20.9. The molecule has 2 fully saturated rings. The number of hydrogen-bond acceptors (Lipinski definition) is 7. The number of ether oxygens (including phenoxy) is 1. The summed E-state index contributed by atoms with van der Waals surface area (Å²) in [5, 5.41) is 2.07. The molecule has 8 heteroatoms. The van der Waals surface area contributed by atoms with E-state index in [1.54, 1.807) is 11.3 Å². The normalized spacial score (nSPS) is 17.0. The summed E-state index contributed by atoms with van der Waals surface area (Å²) in [5.74, 6) is 2.76. The van der Waals surface area contributed by atoms with Crippen LogP contribution in [0.5, 0.6) is 0 Å². The predicted molar refractivity (Wildman–Crippen MR) is 128 cm³/mol. The molecule has 1 aromatic carbocycles. The fraction of sp³-hybridized carbons (Fsp3) is 0.375. The van der Waals surface area contributed by atoms with Crippen LogP contribution in [0.1, 0.15) is 16.2 Å². The maximum absolute atomic E-state index is 13.0. The molecule has 166 valence electrons. The van der Waals surface area contributed by atoms with Crippen molar-refractivity contribution in [2.45, 2.75) is 6.92 Å². The van der Waals surface area contributed by atoms with Gasteiger partial charge in [0.15, 0.2) is 0 Å². The highest BCUT2D eigenvalue weighted by molar-refractivity contribution is 7.13. The van der Waals surface area contributed by atoms with Gasteiger partial charge in [-0.15, -0.1) is 11.3 Å². The third-order valence-corrected chi connectivity index (χ3v) is 6.89. The van der Waals surface area contributed by atoms with Crippen LogP contribution in [0.25, 0.3) is 10.4 Å². The van der Waals surface area contributed by atoms with Gasteiger partial charge in [-0.2, -0.15) is 0 Å². The molecule has 7 nitrogen and oxygen atoms in total. The second-order valence-electron chi connectivity index (χ2n) is 8.06. The summed E-state index contributed by atoms with van der Waals surface area (Å²) >= 11 is 1.71. The number of carbonyl (C=O) groups is 1. The van der Waals surface area contributed by atoms with Crippen LogP contribution in [0.3, 0.4) is 0 Å². The Morgan fingerprint density at radius 1 is 0.906 bits per heavy atom. The first-order chi connectivity index (χ1) is 15.7. The maximum Gasteiger partial charge on any atom is 0.253 e. The molecule has 3 aromatic rings. The number of thiophene rings is 1. The van der Waals surface area contributed by atoms with Gasteiger partial charge in [0.05, 0.1) is 13.2 Å². The van der Waals surface area contributed by atoms with Crippen LogP contribution >= 0.6 is 11.3 Å². The Morgan fingerprint density at radius 2 is 1.56 bits per heavy atom. The molecular formula is C24H27N5O2S. The van der Waals surface area contributed by atoms with E-state index in [0.717, 1.165) is 68.0 Å². The number of aromatic nitrogens is 2. The Hall–Kier alpha value is -2.97. The number of piperazine rings is 1. The van der Waals surface area contributed by atoms with Crippen molar-refractivity contribution in [2.24, 2.45) is 0 Å². The number of amides is 1. The molecule has 0 atom stereocenters. The SMILES string of the molecule is Cc1nc(N2CCOCC2)cc(N2CCN(C(=O)c3ccc(-c4cccs4)cc3)CC2)n1. The van der Waals surface area contributed by atoms with Gasteiger partial charge in [0.25, 0.3) is 5.91 Å². The molecule has 0 aliphatic carbocycles. The van der Waals surface area contributed by atoms with E-state index in [-0.39, 0.29) is 5.91 Å². The van der Waals surface area contributed by atoms with Gasteiger partial charge in [0.2, 0.25) is 0 Å². The highest BCUT2D eigenvalue weighted by Gasteiger charge is 2.24. The van der Waals surface area contributed by atoms with Crippen molar-refractivity contribution in [1.29, 1.82) is 0 Å². The number of anilines is 2. The number of nitrogens with zero attached hydrogens (tertiary/aromatic N) is 5. The standard InChI is InChI=1S/C24H27N5O2S/c1-18-25-22(17-23(26-18)28-12-14-31-15-13-28)27-8-10-29(11-9-27)24(30)20-6-4-19(5-7-20)21-3-2-16-32-21/h2-7,16-17H,8-15H2,1H3. The Morgan fingerprint density at radius 3 is 2.19 bits per heavy atom. The molecule has 0 radical (unpaired) electrons. The van der Waals surface area contributed by atoms with E-state index in [4.69, 9.17) is 4.74 Å². The largest absolute Gasteiger partial charge is 0.378 e. The third kappa shape index (κ3) is 4.47. The van der Waals surface area contributed by atoms with E-state index in [2.05, 4.69) is 37.3 Å². The molecule has 2 saturated heterocycles. The lowest BCUT2D eigenvalue weighted by Crippen LogP contribution is -2.49. The van der Waals surface area contributed by atoms with Gasteiger partial charge in [0, 0.05) is 55.8 Å². The van der Waals surface area contributed by atoms with Gasteiger partial charge in [0.1, 0.15) is 17.5 Å². The minimum atomic E-state index is 0.0928. The van der Waals surface area contributed by atoms with E-state index in [0.29, 0.717) is 13.1 Å². The van der Waals surface area contributed by atoms with Crippen LogP contribution in [-0.2, 0) is 4.74 Å². The molecule has 2 aliphatic heterocycles. The molecule has 2 aliphatic rings. The van der Waals surface area contributed by atoms with Gasteiger partial charge in [-0.05, 0) is 36.1 Å². The minimum absolute atomic E-state index is 0.0928. The molecule has 0 saturated carbocycles. The van der Waals surface area contributed by atoms with E-state index >= 15 is 0 Å². The molecule has 5 rings (SSSR count). The predicted octanol–water partition coefficient (Wildman–Crippen LogP) is 3.31. The van der Waals surface area contributed by atoms with Crippen LogP contribution in [0.4, 0.5) is 11.6 Å². The smallest absolute Gasteiger partial charge is 0.253 e. The van der Waals surface area contributed by atoms with E-state index in [1.165, 1.54) is 4.88 Å². The molecule has 4 heterocycles. The molecule has 1 amide bonds. The number of benzene rings is 1. The average molecular weight is 450 g/mol. The maximum atomic E-state index is 13.0. The van der Waals surface area contributed by atoms with E-state index in [1.807, 2.05) is 42.2 Å². The van der Waals surface area contributed by atoms with Gasteiger partial charge in [-0.1, -0.05) is 18.2 Å². The van der Waals surface area contributed by atoms with Crippen molar-refractivity contribution < 1.29 is 9.53 Å². The summed E-state index contributed by atoms with van der Waals surface area (Å²) in [7, 11) is 0. The zero-order valence-electron chi connectivity index (χ0n) is 18.2. The minimum Gasteiger partial charge on any atom is -0.378 e. The van der Waals surface area contributed by atoms with Gasteiger partial charge in [-0.3, -0.25) is 4.79 Å². The second-order valence-corrected chi connectivity index (χ2v) is 9.01. The number of hydrogen-bond donors (Lipinski definition) is 0. The molecule has 0 unspecified atom stereocenters. The Kier molecular flexibility index (Phi) is 6.05. The monoisotopic (exact) mass is 449 g/mol. The lowest BCUT2D eigenvalue weighted by atomic mass is 10.1. The van der Waals surface area contributed by atoms with Crippen molar-refractivity contribution in [3.05, 3.63) is 59.2 Å². The lowest BCUT2D eigenvalue weighted by molar-refractivity contribution is 0.0746. The van der Waals surface area contributed by atoms with Crippen molar-refractivity contribution in [3.63, 3.8) is 0 Å². The number of morpholine rings is 1.